The Labute approximate surface area is 273 Å². The third-order valence-electron chi connectivity index (χ3n) is 9.38. The van der Waals surface area contributed by atoms with Gasteiger partial charge in [-0.15, -0.1) is 0 Å². The van der Waals surface area contributed by atoms with Crippen molar-refractivity contribution in [3.63, 3.8) is 0 Å². The van der Waals surface area contributed by atoms with E-state index in [4.69, 9.17) is 0 Å². The SMILES string of the molecule is N#Cc1ccc(N(c2ccc3c(c2)c2c(n3-c3ccccc3)CCC=C2)c2ccc3c(c2)c2ccccc2n3-c2ccccc2)cc1. The largest absolute Gasteiger partial charge is 0.313 e. The molecule has 0 aliphatic heterocycles. The molecule has 2 aromatic heterocycles. The zero-order valence-electron chi connectivity index (χ0n) is 25.7. The first-order valence-corrected chi connectivity index (χ1v) is 16.1. The standard InChI is InChI=1S/C43H30N4/c44-29-30-19-21-33(22-20-30)45(34-23-25-42-38(27-34)36-15-7-9-17-40(36)46(42)31-11-3-1-4-12-31)35-24-26-43-39(28-35)37-16-8-10-18-41(37)47(43)32-13-5-2-6-14-32/h1-9,11-17,19-28H,10,18H2. The molecular weight excluding hydrogens is 573 g/mol. The van der Waals surface area contributed by atoms with Gasteiger partial charge < -0.3 is 14.0 Å². The van der Waals surface area contributed by atoms with E-state index in [9.17, 15) is 5.26 Å². The number of anilines is 3. The Kier molecular flexibility index (Phi) is 6.29. The van der Waals surface area contributed by atoms with Gasteiger partial charge in [0.05, 0.1) is 28.2 Å². The molecule has 0 bridgehead atoms. The molecule has 0 atom stereocenters. The van der Waals surface area contributed by atoms with Crippen molar-refractivity contribution in [2.75, 3.05) is 4.90 Å². The quantitative estimate of drug-likeness (QED) is 0.196. The number of nitriles is 1. The summed E-state index contributed by atoms with van der Waals surface area (Å²) in [5, 5.41) is 13.2. The molecule has 6 aromatic carbocycles. The predicted molar refractivity (Wildman–Crippen MR) is 194 cm³/mol. The molecule has 0 N–H and O–H groups in total. The van der Waals surface area contributed by atoms with Gasteiger partial charge in [-0.2, -0.15) is 5.26 Å². The predicted octanol–water partition coefficient (Wildman–Crippen LogP) is 11.0. The van der Waals surface area contributed by atoms with Gasteiger partial charge in [0.2, 0.25) is 0 Å². The van der Waals surface area contributed by atoms with Gasteiger partial charge >= 0.3 is 0 Å². The van der Waals surface area contributed by atoms with E-state index < -0.39 is 0 Å². The van der Waals surface area contributed by atoms with E-state index in [-0.39, 0.29) is 0 Å². The van der Waals surface area contributed by atoms with Crippen LogP contribution in [-0.2, 0) is 6.42 Å². The fraction of sp³-hybridized carbons (Fsp3) is 0.0465. The van der Waals surface area contributed by atoms with Crippen LogP contribution in [0, 0.1) is 11.3 Å². The highest BCUT2D eigenvalue weighted by Crippen LogP contribution is 2.42. The Hall–Kier alpha value is -6.31. The van der Waals surface area contributed by atoms with Crippen LogP contribution in [-0.4, -0.2) is 9.13 Å². The zero-order chi connectivity index (χ0) is 31.3. The molecule has 4 nitrogen and oxygen atoms in total. The highest BCUT2D eigenvalue weighted by molar-refractivity contribution is 6.11. The summed E-state index contributed by atoms with van der Waals surface area (Å²) in [5.74, 6) is 0. The molecule has 0 amide bonds. The van der Waals surface area contributed by atoms with Crippen LogP contribution in [0.3, 0.4) is 0 Å². The summed E-state index contributed by atoms with van der Waals surface area (Å²) in [6.07, 6.45) is 6.63. The lowest BCUT2D eigenvalue weighted by molar-refractivity contribution is 0.888. The molecule has 0 saturated carbocycles. The lowest BCUT2D eigenvalue weighted by Gasteiger charge is -2.26. The number of hydrogen-bond acceptors (Lipinski definition) is 2. The fourth-order valence-corrected chi connectivity index (χ4v) is 7.31. The maximum absolute atomic E-state index is 9.57. The average Bonchev–Trinajstić information content (AvgIpc) is 3.65. The van der Waals surface area contributed by atoms with Crippen molar-refractivity contribution in [1.29, 1.82) is 5.26 Å². The maximum atomic E-state index is 9.57. The van der Waals surface area contributed by atoms with Crippen LogP contribution in [0.1, 0.15) is 23.2 Å². The first kappa shape index (κ1) is 27.0. The molecule has 0 unspecified atom stereocenters. The second kappa shape index (κ2) is 10.9. The molecule has 2 heterocycles. The van der Waals surface area contributed by atoms with E-state index >= 15 is 0 Å². The summed E-state index contributed by atoms with van der Waals surface area (Å²) in [7, 11) is 0. The lowest BCUT2D eigenvalue weighted by Crippen LogP contribution is -2.10. The first-order chi connectivity index (χ1) is 23.3. The number of nitrogens with zero attached hydrogens (tertiary/aromatic N) is 4. The molecule has 47 heavy (non-hydrogen) atoms. The van der Waals surface area contributed by atoms with Gasteiger partial charge in [0.15, 0.2) is 0 Å². The second-order valence-corrected chi connectivity index (χ2v) is 12.1. The van der Waals surface area contributed by atoms with Crippen molar-refractivity contribution >= 4 is 55.8 Å². The molecule has 4 heteroatoms. The Morgan fingerprint density at radius 2 is 1.11 bits per heavy atom. The highest BCUT2D eigenvalue weighted by atomic mass is 15.1. The molecule has 0 radical (unpaired) electrons. The summed E-state index contributed by atoms with van der Waals surface area (Å²) in [6.45, 7) is 0. The number of fused-ring (bicyclic) bond motifs is 6. The number of para-hydroxylation sites is 3. The number of allylic oxidation sites excluding steroid dienone is 1. The van der Waals surface area contributed by atoms with E-state index in [1.165, 1.54) is 44.1 Å². The summed E-state index contributed by atoms with van der Waals surface area (Å²) in [4.78, 5) is 2.31. The van der Waals surface area contributed by atoms with Crippen molar-refractivity contribution in [1.82, 2.24) is 9.13 Å². The Morgan fingerprint density at radius 1 is 0.532 bits per heavy atom. The van der Waals surface area contributed by atoms with Crippen molar-refractivity contribution in [2.24, 2.45) is 0 Å². The fourth-order valence-electron chi connectivity index (χ4n) is 7.31. The first-order valence-electron chi connectivity index (χ1n) is 16.1. The Balaban J connectivity index is 1.28. The van der Waals surface area contributed by atoms with Crippen LogP contribution in [0.25, 0.3) is 50.2 Å². The minimum Gasteiger partial charge on any atom is -0.313 e. The van der Waals surface area contributed by atoms with Crippen molar-refractivity contribution < 1.29 is 0 Å². The van der Waals surface area contributed by atoms with E-state index in [1.807, 2.05) is 24.3 Å². The van der Waals surface area contributed by atoms with E-state index in [2.05, 4.69) is 154 Å². The number of hydrogen-bond donors (Lipinski definition) is 0. The molecule has 222 valence electrons. The van der Waals surface area contributed by atoms with E-state index in [0.717, 1.165) is 41.1 Å². The number of aromatic nitrogens is 2. The number of benzene rings is 6. The normalized spacial score (nSPS) is 12.4. The molecule has 0 fully saturated rings. The van der Waals surface area contributed by atoms with Crippen LogP contribution in [0.5, 0.6) is 0 Å². The van der Waals surface area contributed by atoms with E-state index in [0.29, 0.717) is 5.56 Å². The van der Waals surface area contributed by atoms with Gasteiger partial charge in [-0.1, -0.05) is 66.7 Å². The van der Waals surface area contributed by atoms with Crippen LogP contribution in [0.2, 0.25) is 0 Å². The van der Waals surface area contributed by atoms with Crippen molar-refractivity contribution in [2.45, 2.75) is 12.8 Å². The maximum Gasteiger partial charge on any atom is 0.0991 e. The van der Waals surface area contributed by atoms with E-state index in [1.54, 1.807) is 0 Å². The zero-order valence-corrected chi connectivity index (χ0v) is 25.7. The van der Waals surface area contributed by atoms with Gasteiger partial charge in [-0.05, 0) is 104 Å². The monoisotopic (exact) mass is 602 g/mol. The molecule has 0 spiro atoms. The molecular formula is C43H30N4. The summed E-state index contributed by atoms with van der Waals surface area (Å²) < 4.78 is 4.77. The van der Waals surface area contributed by atoms with Gasteiger partial charge in [0.1, 0.15) is 0 Å². The van der Waals surface area contributed by atoms with Crippen LogP contribution < -0.4 is 4.90 Å². The van der Waals surface area contributed by atoms with Gasteiger partial charge in [-0.3, -0.25) is 0 Å². The molecule has 0 saturated heterocycles. The molecule has 1 aliphatic rings. The molecule has 8 aromatic rings. The summed E-state index contributed by atoms with van der Waals surface area (Å²) in [6, 6.07) is 53.6. The number of rotatable bonds is 5. The summed E-state index contributed by atoms with van der Waals surface area (Å²) in [5.41, 5.74) is 12.3. The molecule has 9 rings (SSSR count). The smallest absolute Gasteiger partial charge is 0.0991 e. The van der Waals surface area contributed by atoms with Crippen molar-refractivity contribution in [3.8, 4) is 17.4 Å². The minimum absolute atomic E-state index is 0.643. The average molecular weight is 603 g/mol. The second-order valence-electron chi connectivity index (χ2n) is 12.1. The Morgan fingerprint density at radius 3 is 1.81 bits per heavy atom. The third-order valence-corrected chi connectivity index (χ3v) is 9.38. The summed E-state index contributed by atoms with van der Waals surface area (Å²) >= 11 is 0. The van der Waals surface area contributed by atoms with Crippen LogP contribution in [0.4, 0.5) is 17.1 Å². The van der Waals surface area contributed by atoms with Crippen LogP contribution in [0.15, 0.2) is 152 Å². The molecule has 1 aliphatic carbocycles. The van der Waals surface area contributed by atoms with Gasteiger partial charge in [0.25, 0.3) is 0 Å². The van der Waals surface area contributed by atoms with Gasteiger partial charge in [0, 0.05) is 55.9 Å². The Bertz CT molecular complexity index is 2510. The third kappa shape index (κ3) is 4.36. The topological polar surface area (TPSA) is 36.9 Å². The minimum atomic E-state index is 0.643. The lowest BCUT2D eigenvalue weighted by atomic mass is 10.0. The van der Waals surface area contributed by atoms with Gasteiger partial charge in [-0.25, -0.2) is 0 Å². The van der Waals surface area contributed by atoms with Crippen LogP contribution >= 0.6 is 0 Å². The highest BCUT2D eigenvalue weighted by Gasteiger charge is 2.22. The van der Waals surface area contributed by atoms with Crippen molar-refractivity contribution in [3.05, 3.63) is 168 Å².